The number of hydrogen-bond donors (Lipinski definition) is 1. The highest BCUT2D eigenvalue weighted by Gasteiger charge is 2.12. The van der Waals surface area contributed by atoms with Crippen molar-refractivity contribution >= 4 is 0 Å². The third kappa shape index (κ3) is 3.94. The van der Waals surface area contributed by atoms with Gasteiger partial charge in [-0.1, -0.05) is 50.1 Å². The zero-order valence-corrected chi connectivity index (χ0v) is 12.6. The standard InChI is InChI=1S/C17H24N2O/c1-4-5-11-16(15-9-7-6-8-10-15)18-12-17-19-13(2)14(3)20-17/h6-10,16,18H,4-5,11-12H2,1-3H3. The Labute approximate surface area is 121 Å². The summed E-state index contributed by atoms with van der Waals surface area (Å²) in [4.78, 5) is 4.43. The number of aryl methyl sites for hydroxylation is 2. The number of benzene rings is 1. The summed E-state index contributed by atoms with van der Waals surface area (Å²) in [5.41, 5.74) is 2.31. The first-order valence-electron chi connectivity index (χ1n) is 7.42. The van der Waals surface area contributed by atoms with E-state index in [1.165, 1.54) is 18.4 Å². The number of unbranched alkanes of at least 4 members (excludes halogenated alkanes) is 1. The van der Waals surface area contributed by atoms with E-state index in [2.05, 4.69) is 47.6 Å². The number of aromatic nitrogens is 1. The molecular weight excluding hydrogens is 248 g/mol. The van der Waals surface area contributed by atoms with Gasteiger partial charge in [0.25, 0.3) is 0 Å². The molecule has 0 fully saturated rings. The molecular formula is C17H24N2O. The van der Waals surface area contributed by atoms with Crippen LogP contribution in [0.2, 0.25) is 0 Å². The number of oxazole rings is 1. The molecule has 0 amide bonds. The van der Waals surface area contributed by atoms with Gasteiger partial charge in [-0.05, 0) is 25.8 Å². The Morgan fingerprint density at radius 3 is 2.55 bits per heavy atom. The van der Waals surface area contributed by atoms with Gasteiger partial charge < -0.3 is 9.73 Å². The Hall–Kier alpha value is -1.61. The molecule has 3 nitrogen and oxygen atoms in total. The lowest BCUT2D eigenvalue weighted by atomic mass is 10.0. The Morgan fingerprint density at radius 1 is 1.20 bits per heavy atom. The maximum atomic E-state index is 5.63. The van der Waals surface area contributed by atoms with E-state index in [0.717, 1.165) is 23.8 Å². The van der Waals surface area contributed by atoms with Crippen LogP contribution >= 0.6 is 0 Å². The summed E-state index contributed by atoms with van der Waals surface area (Å²) in [5.74, 6) is 1.68. The molecule has 1 aromatic carbocycles. The van der Waals surface area contributed by atoms with E-state index in [9.17, 15) is 0 Å². The van der Waals surface area contributed by atoms with Crippen LogP contribution in [0.15, 0.2) is 34.7 Å². The van der Waals surface area contributed by atoms with Crippen LogP contribution in [-0.2, 0) is 6.54 Å². The van der Waals surface area contributed by atoms with Crippen molar-refractivity contribution in [2.24, 2.45) is 0 Å². The zero-order chi connectivity index (χ0) is 14.4. The van der Waals surface area contributed by atoms with E-state index in [0.29, 0.717) is 12.6 Å². The highest BCUT2D eigenvalue weighted by atomic mass is 16.4. The van der Waals surface area contributed by atoms with Crippen molar-refractivity contribution in [2.75, 3.05) is 0 Å². The molecule has 1 aromatic heterocycles. The van der Waals surface area contributed by atoms with Crippen LogP contribution < -0.4 is 5.32 Å². The Morgan fingerprint density at radius 2 is 1.95 bits per heavy atom. The molecule has 1 unspecified atom stereocenters. The van der Waals surface area contributed by atoms with Gasteiger partial charge in [0.05, 0.1) is 12.2 Å². The quantitative estimate of drug-likeness (QED) is 0.816. The van der Waals surface area contributed by atoms with Crippen LogP contribution in [0.4, 0.5) is 0 Å². The van der Waals surface area contributed by atoms with Crippen LogP contribution in [0, 0.1) is 13.8 Å². The minimum Gasteiger partial charge on any atom is -0.444 e. The molecule has 1 N–H and O–H groups in total. The van der Waals surface area contributed by atoms with Crippen molar-refractivity contribution in [1.82, 2.24) is 10.3 Å². The fourth-order valence-corrected chi connectivity index (χ4v) is 2.31. The van der Waals surface area contributed by atoms with E-state index in [-0.39, 0.29) is 0 Å². The van der Waals surface area contributed by atoms with Crippen molar-refractivity contribution in [3.05, 3.63) is 53.2 Å². The molecule has 0 aliphatic carbocycles. The summed E-state index contributed by atoms with van der Waals surface area (Å²) in [6.07, 6.45) is 3.57. The third-order valence-electron chi connectivity index (χ3n) is 3.62. The van der Waals surface area contributed by atoms with Crippen LogP contribution in [0.3, 0.4) is 0 Å². The molecule has 1 heterocycles. The average Bonchev–Trinajstić information content (AvgIpc) is 2.79. The normalized spacial score (nSPS) is 12.6. The van der Waals surface area contributed by atoms with Crippen LogP contribution in [0.5, 0.6) is 0 Å². The average molecular weight is 272 g/mol. The van der Waals surface area contributed by atoms with Gasteiger partial charge in [-0.3, -0.25) is 0 Å². The predicted octanol–water partition coefficient (Wildman–Crippen LogP) is 4.31. The van der Waals surface area contributed by atoms with Crippen molar-refractivity contribution < 1.29 is 4.42 Å². The molecule has 0 spiro atoms. The monoisotopic (exact) mass is 272 g/mol. The molecule has 2 rings (SSSR count). The Bertz CT molecular complexity index is 500. The molecule has 0 bridgehead atoms. The second-order valence-corrected chi connectivity index (χ2v) is 5.24. The minimum atomic E-state index is 0.365. The molecule has 3 heteroatoms. The maximum absolute atomic E-state index is 5.63. The molecule has 108 valence electrons. The summed E-state index contributed by atoms with van der Waals surface area (Å²) in [7, 11) is 0. The summed E-state index contributed by atoms with van der Waals surface area (Å²) in [5, 5.41) is 3.57. The smallest absolute Gasteiger partial charge is 0.208 e. The van der Waals surface area contributed by atoms with Gasteiger partial charge in [0.1, 0.15) is 5.76 Å². The number of nitrogens with one attached hydrogen (secondary N) is 1. The SMILES string of the molecule is CCCCC(NCc1nc(C)c(C)o1)c1ccccc1. The second-order valence-electron chi connectivity index (χ2n) is 5.24. The molecule has 0 radical (unpaired) electrons. The summed E-state index contributed by atoms with van der Waals surface area (Å²) < 4.78 is 5.63. The second kappa shape index (κ2) is 7.25. The van der Waals surface area contributed by atoms with E-state index in [1.807, 2.05) is 13.8 Å². The number of nitrogens with zero attached hydrogens (tertiary/aromatic N) is 1. The highest BCUT2D eigenvalue weighted by molar-refractivity contribution is 5.19. The molecule has 0 saturated carbocycles. The first-order valence-corrected chi connectivity index (χ1v) is 7.42. The largest absolute Gasteiger partial charge is 0.444 e. The van der Waals surface area contributed by atoms with Crippen molar-refractivity contribution in [3.63, 3.8) is 0 Å². The van der Waals surface area contributed by atoms with Crippen LogP contribution in [-0.4, -0.2) is 4.98 Å². The lowest BCUT2D eigenvalue weighted by molar-refractivity contribution is 0.409. The topological polar surface area (TPSA) is 38.1 Å². The molecule has 0 saturated heterocycles. The fourth-order valence-electron chi connectivity index (χ4n) is 2.31. The lowest BCUT2D eigenvalue weighted by Crippen LogP contribution is -2.21. The van der Waals surface area contributed by atoms with Gasteiger partial charge in [-0.25, -0.2) is 4.98 Å². The van der Waals surface area contributed by atoms with Gasteiger partial charge in [0.15, 0.2) is 0 Å². The van der Waals surface area contributed by atoms with E-state index in [4.69, 9.17) is 4.42 Å². The van der Waals surface area contributed by atoms with Crippen LogP contribution in [0.25, 0.3) is 0 Å². The van der Waals surface area contributed by atoms with Gasteiger partial charge in [0, 0.05) is 6.04 Å². The van der Waals surface area contributed by atoms with E-state index >= 15 is 0 Å². The molecule has 1 atom stereocenters. The summed E-state index contributed by atoms with van der Waals surface area (Å²) >= 11 is 0. The van der Waals surface area contributed by atoms with Gasteiger partial charge in [0.2, 0.25) is 5.89 Å². The third-order valence-corrected chi connectivity index (χ3v) is 3.62. The zero-order valence-electron chi connectivity index (χ0n) is 12.6. The van der Waals surface area contributed by atoms with Crippen molar-refractivity contribution in [3.8, 4) is 0 Å². The first-order chi connectivity index (χ1) is 9.70. The van der Waals surface area contributed by atoms with Gasteiger partial charge in [-0.2, -0.15) is 0 Å². The van der Waals surface area contributed by atoms with Gasteiger partial charge >= 0.3 is 0 Å². The van der Waals surface area contributed by atoms with Gasteiger partial charge in [-0.15, -0.1) is 0 Å². The van der Waals surface area contributed by atoms with E-state index < -0.39 is 0 Å². The minimum absolute atomic E-state index is 0.365. The molecule has 20 heavy (non-hydrogen) atoms. The van der Waals surface area contributed by atoms with Crippen molar-refractivity contribution in [2.45, 2.75) is 52.6 Å². The molecule has 0 aliphatic rings. The van der Waals surface area contributed by atoms with Crippen LogP contribution in [0.1, 0.15) is 55.1 Å². The predicted molar refractivity (Wildman–Crippen MR) is 81.5 cm³/mol. The first kappa shape index (κ1) is 14.8. The highest BCUT2D eigenvalue weighted by Crippen LogP contribution is 2.20. The number of rotatable bonds is 7. The maximum Gasteiger partial charge on any atom is 0.208 e. The summed E-state index contributed by atoms with van der Waals surface area (Å²) in [6, 6.07) is 11.0. The Balaban J connectivity index is 2.00. The molecule has 0 aliphatic heterocycles. The number of hydrogen-bond acceptors (Lipinski definition) is 3. The van der Waals surface area contributed by atoms with E-state index in [1.54, 1.807) is 0 Å². The molecule has 2 aromatic rings. The summed E-state index contributed by atoms with van der Waals surface area (Å²) in [6.45, 7) is 6.84. The van der Waals surface area contributed by atoms with Crippen molar-refractivity contribution in [1.29, 1.82) is 0 Å². The Kier molecular flexibility index (Phi) is 5.36. The fraction of sp³-hybridized carbons (Fsp3) is 0.471. The lowest BCUT2D eigenvalue weighted by Gasteiger charge is -2.18.